The average molecular weight is 186 g/mol. The third-order valence-corrected chi connectivity index (χ3v) is 2.67. The molecule has 1 aromatic carbocycles. The summed E-state index contributed by atoms with van der Waals surface area (Å²) < 4.78 is 5.77. The maximum Gasteiger partial charge on any atom is 0.102 e. The average Bonchev–Trinajstić information content (AvgIpc) is 2.57. The van der Waals surface area contributed by atoms with Gasteiger partial charge in [0.15, 0.2) is 0 Å². The summed E-state index contributed by atoms with van der Waals surface area (Å²) in [6.07, 6.45) is 3.72. The van der Waals surface area contributed by atoms with Crippen molar-refractivity contribution in [3.05, 3.63) is 60.2 Å². The minimum absolute atomic E-state index is 0.0212. The Hall–Kier alpha value is -1.34. The van der Waals surface area contributed by atoms with E-state index in [1.807, 2.05) is 12.2 Å². The van der Waals surface area contributed by atoms with Crippen molar-refractivity contribution in [3.63, 3.8) is 0 Å². The molecule has 0 radical (unpaired) electrons. The highest BCUT2D eigenvalue weighted by molar-refractivity contribution is 5.43. The minimum atomic E-state index is 0.0212. The molecule has 1 heteroatoms. The van der Waals surface area contributed by atoms with E-state index in [4.69, 9.17) is 4.74 Å². The molecule has 0 spiro atoms. The van der Waals surface area contributed by atoms with Crippen LogP contribution in [0.1, 0.15) is 28.9 Å². The molecule has 0 N–H and O–H groups in total. The molecule has 0 fully saturated rings. The van der Waals surface area contributed by atoms with Gasteiger partial charge in [-0.1, -0.05) is 30.4 Å². The molecule has 0 saturated heterocycles. The van der Waals surface area contributed by atoms with Gasteiger partial charge in [0.1, 0.15) is 12.2 Å². The Morgan fingerprint density at radius 2 is 1.93 bits per heavy atom. The van der Waals surface area contributed by atoms with Crippen molar-refractivity contribution >= 4 is 0 Å². The molecule has 0 aromatic heterocycles. The Kier molecular flexibility index (Phi) is 2.26. The number of hydrogen-bond acceptors (Lipinski definition) is 1. The quantitative estimate of drug-likeness (QED) is 0.642. The summed E-state index contributed by atoms with van der Waals surface area (Å²) in [5, 5.41) is 0. The number of hydrogen-bond donors (Lipinski definition) is 0. The van der Waals surface area contributed by atoms with Crippen LogP contribution in [0.4, 0.5) is 0 Å². The molecule has 1 aliphatic rings. The van der Waals surface area contributed by atoms with Crippen LogP contribution in [0.5, 0.6) is 0 Å². The molecule has 2 unspecified atom stereocenters. The van der Waals surface area contributed by atoms with Gasteiger partial charge in [-0.05, 0) is 23.6 Å². The first-order valence-electron chi connectivity index (χ1n) is 4.78. The zero-order valence-corrected chi connectivity index (χ0v) is 8.36. The zero-order valence-electron chi connectivity index (χ0n) is 8.36. The summed E-state index contributed by atoms with van der Waals surface area (Å²) in [6.45, 7) is 9.67. The number of benzene rings is 1. The molecule has 14 heavy (non-hydrogen) atoms. The number of ether oxygens (including phenoxy) is 1. The fraction of sp³-hybridized carbons (Fsp3) is 0.231. The van der Waals surface area contributed by atoms with Crippen molar-refractivity contribution < 1.29 is 4.74 Å². The monoisotopic (exact) mass is 186 g/mol. The van der Waals surface area contributed by atoms with Gasteiger partial charge >= 0.3 is 0 Å². The molecule has 0 aliphatic carbocycles. The van der Waals surface area contributed by atoms with E-state index in [2.05, 4.69) is 38.3 Å². The van der Waals surface area contributed by atoms with Gasteiger partial charge in [0.05, 0.1) is 0 Å². The maximum atomic E-state index is 5.77. The lowest BCUT2D eigenvalue weighted by Crippen LogP contribution is -1.93. The first kappa shape index (κ1) is 9.22. The van der Waals surface area contributed by atoms with E-state index in [1.54, 1.807) is 0 Å². The molecule has 2 rings (SSSR count). The molecule has 0 saturated carbocycles. The second-order valence-corrected chi connectivity index (χ2v) is 3.53. The largest absolute Gasteiger partial charge is 0.357 e. The fourth-order valence-corrected chi connectivity index (χ4v) is 2.00. The molecule has 2 atom stereocenters. The third kappa shape index (κ3) is 1.21. The summed E-state index contributed by atoms with van der Waals surface area (Å²) in [5.41, 5.74) is 3.74. The Morgan fingerprint density at radius 1 is 1.21 bits per heavy atom. The number of aryl methyl sites for hydroxylation is 1. The Labute approximate surface area is 84.7 Å². The molecular formula is C13H14O. The van der Waals surface area contributed by atoms with Crippen LogP contribution in [0, 0.1) is 6.92 Å². The van der Waals surface area contributed by atoms with Crippen molar-refractivity contribution in [2.24, 2.45) is 0 Å². The molecule has 1 aromatic rings. The van der Waals surface area contributed by atoms with E-state index < -0.39 is 0 Å². The predicted octanol–water partition coefficient (Wildman–Crippen LogP) is 3.48. The van der Waals surface area contributed by atoms with E-state index in [-0.39, 0.29) is 12.2 Å². The van der Waals surface area contributed by atoms with Gasteiger partial charge in [-0.15, -0.1) is 13.2 Å². The van der Waals surface area contributed by atoms with Gasteiger partial charge in [-0.3, -0.25) is 0 Å². The second-order valence-electron chi connectivity index (χ2n) is 3.53. The first-order chi connectivity index (χ1) is 6.77. The van der Waals surface area contributed by atoms with Crippen LogP contribution in [0.3, 0.4) is 0 Å². The highest BCUT2D eigenvalue weighted by Gasteiger charge is 2.28. The standard InChI is InChI=1S/C13H14O/c1-4-11-10-8-6-7-9(3)13(10)12(5-2)14-11/h4-8,11-12H,1-2H2,3H3. The topological polar surface area (TPSA) is 9.23 Å². The van der Waals surface area contributed by atoms with Crippen LogP contribution in [0.2, 0.25) is 0 Å². The Morgan fingerprint density at radius 3 is 2.57 bits per heavy atom. The van der Waals surface area contributed by atoms with E-state index in [9.17, 15) is 0 Å². The highest BCUT2D eigenvalue weighted by atomic mass is 16.5. The van der Waals surface area contributed by atoms with Crippen molar-refractivity contribution in [2.45, 2.75) is 19.1 Å². The van der Waals surface area contributed by atoms with Crippen LogP contribution in [-0.4, -0.2) is 0 Å². The lowest BCUT2D eigenvalue weighted by atomic mass is 9.97. The van der Waals surface area contributed by atoms with E-state index in [1.165, 1.54) is 16.7 Å². The van der Waals surface area contributed by atoms with Gasteiger partial charge in [-0.2, -0.15) is 0 Å². The Balaban J connectivity index is 2.58. The van der Waals surface area contributed by atoms with E-state index in [0.717, 1.165) is 0 Å². The SMILES string of the molecule is C=CC1OC(C=C)c2c(C)cccc21. The molecule has 1 aliphatic heterocycles. The van der Waals surface area contributed by atoms with Crippen LogP contribution in [0.15, 0.2) is 43.5 Å². The second kappa shape index (κ2) is 3.43. The van der Waals surface area contributed by atoms with Gasteiger partial charge in [0.25, 0.3) is 0 Å². The van der Waals surface area contributed by atoms with Crippen LogP contribution < -0.4 is 0 Å². The summed E-state index contributed by atoms with van der Waals surface area (Å²) in [6, 6.07) is 6.25. The Bertz CT molecular complexity index is 379. The van der Waals surface area contributed by atoms with Crippen molar-refractivity contribution in [3.8, 4) is 0 Å². The van der Waals surface area contributed by atoms with Crippen molar-refractivity contribution in [1.29, 1.82) is 0 Å². The van der Waals surface area contributed by atoms with Crippen molar-refractivity contribution in [2.75, 3.05) is 0 Å². The van der Waals surface area contributed by atoms with Crippen molar-refractivity contribution in [1.82, 2.24) is 0 Å². The lowest BCUT2D eigenvalue weighted by Gasteiger charge is -2.07. The zero-order chi connectivity index (χ0) is 10.1. The molecule has 1 heterocycles. The normalized spacial score (nSPS) is 24.4. The third-order valence-electron chi connectivity index (χ3n) is 2.67. The lowest BCUT2D eigenvalue weighted by molar-refractivity contribution is 0.0676. The molecule has 72 valence electrons. The summed E-state index contributed by atoms with van der Waals surface area (Å²) in [5.74, 6) is 0. The maximum absolute atomic E-state index is 5.77. The first-order valence-corrected chi connectivity index (χ1v) is 4.78. The fourth-order valence-electron chi connectivity index (χ4n) is 2.00. The highest BCUT2D eigenvalue weighted by Crippen LogP contribution is 2.41. The smallest absolute Gasteiger partial charge is 0.102 e. The van der Waals surface area contributed by atoms with Crippen LogP contribution >= 0.6 is 0 Å². The van der Waals surface area contributed by atoms with Crippen LogP contribution in [-0.2, 0) is 4.74 Å². The molecule has 1 nitrogen and oxygen atoms in total. The van der Waals surface area contributed by atoms with Gasteiger partial charge in [0, 0.05) is 0 Å². The molecular weight excluding hydrogens is 172 g/mol. The molecule has 0 bridgehead atoms. The van der Waals surface area contributed by atoms with Crippen LogP contribution in [0.25, 0.3) is 0 Å². The minimum Gasteiger partial charge on any atom is -0.357 e. The van der Waals surface area contributed by atoms with E-state index >= 15 is 0 Å². The van der Waals surface area contributed by atoms with Gasteiger partial charge in [-0.25, -0.2) is 0 Å². The summed E-state index contributed by atoms with van der Waals surface area (Å²) in [7, 11) is 0. The predicted molar refractivity (Wildman–Crippen MR) is 58.1 cm³/mol. The summed E-state index contributed by atoms with van der Waals surface area (Å²) in [4.78, 5) is 0. The van der Waals surface area contributed by atoms with Gasteiger partial charge < -0.3 is 4.74 Å². The number of fused-ring (bicyclic) bond motifs is 1. The summed E-state index contributed by atoms with van der Waals surface area (Å²) >= 11 is 0. The van der Waals surface area contributed by atoms with Gasteiger partial charge in [0.2, 0.25) is 0 Å². The number of rotatable bonds is 2. The molecule has 0 amide bonds. The van der Waals surface area contributed by atoms with E-state index in [0.29, 0.717) is 0 Å².